The normalized spacial score (nSPS) is 33.4. The SMILES string of the molecule is OCC1Cc2[nH]cnc2C(C2CCCCO2)N1. The maximum Gasteiger partial charge on any atom is 0.0925 e. The van der Waals surface area contributed by atoms with E-state index in [1.807, 2.05) is 0 Å². The van der Waals surface area contributed by atoms with E-state index in [4.69, 9.17) is 4.74 Å². The van der Waals surface area contributed by atoms with E-state index in [0.717, 1.165) is 37.3 Å². The molecule has 1 fully saturated rings. The monoisotopic (exact) mass is 237 g/mol. The Morgan fingerprint density at radius 3 is 3.18 bits per heavy atom. The van der Waals surface area contributed by atoms with Crippen molar-refractivity contribution in [1.82, 2.24) is 15.3 Å². The number of aromatic amines is 1. The van der Waals surface area contributed by atoms with Gasteiger partial charge in [-0.3, -0.25) is 0 Å². The molecule has 0 radical (unpaired) electrons. The second-order valence-corrected chi connectivity index (χ2v) is 4.90. The van der Waals surface area contributed by atoms with Gasteiger partial charge in [0.25, 0.3) is 0 Å². The molecule has 3 unspecified atom stereocenters. The molecule has 0 saturated carbocycles. The van der Waals surface area contributed by atoms with Crippen LogP contribution in [0.4, 0.5) is 0 Å². The van der Waals surface area contributed by atoms with Gasteiger partial charge in [-0.25, -0.2) is 4.98 Å². The molecule has 3 N–H and O–H groups in total. The first-order valence-corrected chi connectivity index (χ1v) is 6.39. The Morgan fingerprint density at radius 2 is 2.41 bits per heavy atom. The largest absolute Gasteiger partial charge is 0.395 e. The van der Waals surface area contributed by atoms with Gasteiger partial charge in [0, 0.05) is 24.8 Å². The van der Waals surface area contributed by atoms with Gasteiger partial charge < -0.3 is 20.1 Å². The molecule has 0 aromatic carbocycles. The zero-order valence-corrected chi connectivity index (χ0v) is 9.85. The molecule has 0 aliphatic carbocycles. The molecule has 2 aliphatic heterocycles. The minimum atomic E-state index is 0.110. The third-order valence-corrected chi connectivity index (χ3v) is 3.72. The number of imidazole rings is 1. The van der Waals surface area contributed by atoms with E-state index in [1.54, 1.807) is 6.33 Å². The van der Waals surface area contributed by atoms with Crippen molar-refractivity contribution < 1.29 is 9.84 Å². The van der Waals surface area contributed by atoms with Crippen molar-refractivity contribution in [3.8, 4) is 0 Å². The highest BCUT2D eigenvalue weighted by atomic mass is 16.5. The number of fused-ring (bicyclic) bond motifs is 1. The van der Waals surface area contributed by atoms with E-state index < -0.39 is 0 Å². The summed E-state index contributed by atoms with van der Waals surface area (Å²) < 4.78 is 5.84. The Labute approximate surface area is 101 Å². The molecule has 0 spiro atoms. The van der Waals surface area contributed by atoms with Gasteiger partial charge >= 0.3 is 0 Å². The molecule has 5 heteroatoms. The summed E-state index contributed by atoms with van der Waals surface area (Å²) >= 11 is 0. The van der Waals surface area contributed by atoms with Gasteiger partial charge in [-0.1, -0.05) is 0 Å². The molecule has 94 valence electrons. The molecule has 3 rings (SSSR count). The minimum Gasteiger partial charge on any atom is -0.395 e. The lowest BCUT2D eigenvalue weighted by molar-refractivity contribution is -0.0154. The predicted octanol–water partition coefficient (Wildman–Crippen LogP) is 0.526. The van der Waals surface area contributed by atoms with Gasteiger partial charge in [0.15, 0.2) is 0 Å². The van der Waals surface area contributed by atoms with Crippen LogP contribution in [0.5, 0.6) is 0 Å². The van der Waals surface area contributed by atoms with Crippen molar-refractivity contribution in [3.63, 3.8) is 0 Å². The zero-order valence-electron chi connectivity index (χ0n) is 9.85. The fourth-order valence-corrected chi connectivity index (χ4v) is 2.83. The summed E-state index contributed by atoms with van der Waals surface area (Å²) in [5, 5.41) is 12.8. The van der Waals surface area contributed by atoms with Crippen LogP contribution in [-0.4, -0.2) is 40.4 Å². The number of hydrogen-bond acceptors (Lipinski definition) is 4. The summed E-state index contributed by atoms with van der Waals surface area (Å²) in [5.41, 5.74) is 2.21. The van der Waals surface area contributed by atoms with Crippen LogP contribution in [0.15, 0.2) is 6.33 Å². The molecule has 1 aromatic heterocycles. The fraction of sp³-hybridized carbons (Fsp3) is 0.750. The summed E-state index contributed by atoms with van der Waals surface area (Å²) in [6.07, 6.45) is 6.19. The number of aliphatic hydroxyl groups is 1. The molecular formula is C12H19N3O2. The van der Waals surface area contributed by atoms with Crippen molar-refractivity contribution in [2.75, 3.05) is 13.2 Å². The Balaban J connectivity index is 1.83. The number of nitrogens with one attached hydrogen (secondary N) is 2. The fourth-order valence-electron chi connectivity index (χ4n) is 2.83. The smallest absolute Gasteiger partial charge is 0.0925 e. The Kier molecular flexibility index (Phi) is 3.13. The van der Waals surface area contributed by atoms with Gasteiger partial charge in [-0.05, 0) is 19.3 Å². The average Bonchev–Trinajstić information content (AvgIpc) is 2.86. The van der Waals surface area contributed by atoms with Gasteiger partial charge in [0.1, 0.15) is 0 Å². The maximum atomic E-state index is 9.33. The predicted molar refractivity (Wildman–Crippen MR) is 62.6 cm³/mol. The minimum absolute atomic E-state index is 0.110. The zero-order chi connectivity index (χ0) is 11.7. The second kappa shape index (κ2) is 4.76. The Hall–Kier alpha value is -0.910. The number of ether oxygens (including phenoxy) is 1. The lowest BCUT2D eigenvalue weighted by Crippen LogP contribution is -2.47. The Morgan fingerprint density at radius 1 is 1.47 bits per heavy atom. The second-order valence-electron chi connectivity index (χ2n) is 4.90. The molecule has 17 heavy (non-hydrogen) atoms. The van der Waals surface area contributed by atoms with Crippen LogP contribution in [0.1, 0.15) is 36.7 Å². The van der Waals surface area contributed by atoms with Crippen molar-refractivity contribution >= 4 is 0 Å². The van der Waals surface area contributed by atoms with E-state index in [0.29, 0.717) is 0 Å². The van der Waals surface area contributed by atoms with Gasteiger partial charge in [0.2, 0.25) is 0 Å². The maximum absolute atomic E-state index is 9.33. The van der Waals surface area contributed by atoms with Crippen LogP contribution >= 0.6 is 0 Å². The third kappa shape index (κ3) is 2.10. The van der Waals surface area contributed by atoms with Crippen molar-refractivity contribution in [2.24, 2.45) is 0 Å². The van der Waals surface area contributed by atoms with E-state index in [-0.39, 0.29) is 24.8 Å². The number of aromatic nitrogens is 2. The molecule has 3 heterocycles. The molecule has 0 amide bonds. The molecule has 1 aromatic rings. The average molecular weight is 237 g/mol. The molecule has 2 aliphatic rings. The Bertz CT molecular complexity index is 374. The first-order chi connectivity index (χ1) is 8.38. The van der Waals surface area contributed by atoms with Crippen LogP contribution in [0, 0.1) is 0 Å². The number of aliphatic hydroxyl groups excluding tert-OH is 1. The first kappa shape index (κ1) is 11.2. The van der Waals surface area contributed by atoms with Crippen molar-refractivity contribution in [1.29, 1.82) is 0 Å². The van der Waals surface area contributed by atoms with Crippen molar-refractivity contribution in [2.45, 2.75) is 43.9 Å². The van der Waals surface area contributed by atoms with Crippen LogP contribution < -0.4 is 5.32 Å². The lowest BCUT2D eigenvalue weighted by atomic mass is 9.92. The number of nitrogens with zero attached hydrogens (tertiary/aromatic N) is 1. The summed E-state index contributed by atoms with van der Waals surface area (Å²) in [4.78, 5) is 7.58. The van der Waals surface area contributed by atoms with Crippen LogP contribution in [0.25, 0.3) is 0 Å². The quantitative estimate of drug-likeness (QED) is 0.701. The van der Waals surface area contributed by atoms with E-state index >= 15 is 0 Å². The number of rotatable bonds is 2. The standard InChI is InChI=1S/C12H19N3O2/c16-6-8-5-9-11(14-7-13-9)12(15-8)10-3-1-2-4-17-10/h7-8,10,12,15-16H,1-6H2,(H,13,14). The third-order valence-electron chi connectivity index (χ3n) is 3.72. The highest BCUT2D eigenvalue weighted by Gasteiger charge is 2.34. The molecule has 3 atom stereocenters. The highest BCUT2D eigenvalue weighted by molar-refractivity contribution is 5.22. The van der Waals surface area contributed by atoms with E-state index in [9.17, 15) is 5.11 Å². The van der Waals surface area contributed by atoms with Crippen molar-refractivity contribution in [3.05, 3.63) is 17.7 Å². The summed E-state index contributed by atoms with van der Waals surface area (Å²) in [6.45, 7) is 0.994. The number of hydrogen-bond donors (Lipinski definition) is 3. The molecular weight excluding hydrogens is 218 g/mol. The molecule has 0 bridgehead atoms. The van der Waals surface area contributed by atoms with Gasteiger partial charge in [0.05, 0.1) is 30.8 Å². The highest BCUT2D eigenvalue weighted by Crippen LogP contribution is 2.30. The van der Waals surface area contributed by atoms with E-state index in [1.165, 1.54) is 6.42 Å². The molecule has 5 nitrogen and oxygen atoms in total. The first-order valence-electron chi connectivity index (χ1n) is 6.39. The van der Waals surface area contributed by atoms with Crippen LogP contribution in [-0.2, 0) is 11.2 Å². The number of H-pyrrole nitrogens is 1. The van der Waals surface area contributed by atoms with Crippen LogP contribution in [0.3, 0.4) is 0 Å². The topological polar surface area (TPSA) is 70.2 Å². The summed E-state index contributed by atoms with van der Waals surface area (Å²) in [7, 11) is 0. The van der Waals surface area contributed by atoms with Gasteiger partial charge in [-0.2, -0.15) is 0 Å². The summed E-state index contributed by atoms with van der Waals surface area (Å²) in [5.74, 6) is 0. The van der Waals surface area contributed by atoms with Crippen LogP contribution in [0.2, 0.25) is 0 Å². The summed E-state index contributed by atoms with van der Waals surface area (Å²) in [6, 6.07) is 0.237. The van der Waals surface area contributed by atoms with Gasteiger partial charge in [-0.15, -0.1) is 0 Å². The molecule has 1 saturated heterocycles. The lowest BCUT2D eigenvalue weighted by Gasteiger charge is -2.36. The van der Waals surface area contributed by atoms with E-state index in [2.05, 4.69) is 15.3 Å².